The number of benzene rings is 1. The monoisotopic (exact) mass is 464 g/mol. The highest BCUT2D eigenvalue weighted by Crippen LogP contribution is 2.61. The minimum absolute atomic E-state index is 0.374. The first-order valence-corrected chi connectivity index (χ1v) is 13.4. The molecule has 0 radical (unpaired) electrons. The molecule has 1 amide bonds. The summed E-state index contributed by atoms with van der Waals surface area (Å²) in [7, 11) is 1.77. The SMILES string of the molecule is COc1ccc2c(c1)CCC1C2CC[C@@]2(C)C1CC[C@@H]2NCCCCCCN1C=CC(=O)C1=O. The lowest BCUT2D eigenvalue weighted by Gasteiger charge is -2.51. The van der Waals surface area contributed by atoms with Gasteiger partial charge in [0.1, 0.15) is 5.75 Å². The van der Waals surface area contributed by atoms with Crippen molar-refractivity contribution in [3.05, 3.63) is 41.6 Å². The first kappa shape index (κ1) is 23.6. The van der Waals surface area contributed by atoms with Gasteiger partial charge in [-0.25, -0.2) is 0 Å². The third-order valence-corrected chi connectivity index (χ3v) is 9.53. The van der Waals surface area contributed by atoms with Crippen LogP contribution in [0, 0.1) is 17.3 Å². The highest BCUT2D eigenvalue weighted by Gasteiger charge is 2.54. The van der Waals surface area contributed by atoms with Crippen molar-refractivity contribution in [3.63, 3.8) is 0 Å². The van der Waals surface area contributed by atoms with Gasteiger partial charge in [-0.05, 0) is 104 Å². The molecule has 3 aliphatic carbocycles. The van der Waals surface area contributed by atoms with Gasteiger partial charge in [-0.3, -0.25) is 9.59 Å². The first-order chi connectivity index (χ1) is 16.5. The van der Waals surface area contributed by atoms with Crippen LogP contribution in [0.2, 0.25) is 0 Å². The van der Waals surface area contributed by atoms with Crippen molar-refractivity contribution < 1.29 is 14.3 Å². The van der Waals surface area contributed by atoms with E-state index in [-0.39, 0.29) is 11.7 Å². The van der Waals surface area contributed by atoms with E-state index in [1.54, 1.807) is 23.8 Å². The van der Waals surface area contributed by atoms with Gasteiger partial charge in [-0.15, -0.1) is 0 Å². The Morgan fingerprint density at radius 1 is 1.09 bits per heavy atom. The minimum Gasteiger partial charge on any atom is -0.497 e. The van der Waals surface area contributed by atoms with Crippen LogP contribution in [0.25, 0.3) is 0 Å². The molecule has 184 valence electrons. The van der Waals surface area contributed by atoms with Gasteiger partial charge in [-0.1, -0.05) is 25.8 Å². The third-order valence-electron chi connectivity index (χ3n) is 9.53. The molecule has 1 heterocycles. The molecule has 1 aliphatic heterocycles. The lowest BCUT2D eigenvalue weighted by Crippen LogP contribution is -2.48. The minimum atomic E-state index is -0.390. The molecule has 1 aromatic rings. The Morgan fingerprint density at radius 3 is 2.74 bits per heavy atom. The van der Waals surface area contributed by atoms with Crippen molar-refractivity contribution >= 4 is 11.7 Å². The predicted molar refractivity (Wildman–Crippen MR) is 134 cm³/mol. The molecule has 2 fully saturated rings. The van der Waals surface area contributed by atoms with Crippen LogP contribution in [-0.2, 0) is 16.0 Å². The molecule has 5 atom stereocenters. The molecule has 3 unspecified atom stereocenters. The molecular weight excluding hydrogens is 424 g/mol. The maximum atomic E-state index is 11.6. The second-order valence-electron chi connectivity index (χ2n) is 11.2. The normalized spacial score (nSPS) is 32.0. The summed E-state index contributed by atoms with van der Waals surface area (Å²) in [6.45, 7) is 4.32. The maximum Gasteiger partial charge on any atom is 0.298 e. The van der Waals surface area contributed by atoms with Gasteiger partial charge in [0.25, 0.3) is 5.91 Å². The summed E-state index contributed by atoms with van der Waals surface area (Å²) < 4.78 is 5.48. The molecule has 0 saturated heterocycles. The summed E-state index contributed by atoms with van der Waals surface area (Å²) in [5.74, 6) is 2.65. The van der Waals surface area contributed by atoms with Crippen molar-refractivity contribution in [3.8, 4) is 5.75 Å². The number of methoxy groups -OCH3 is 1. The Labute approximate surface area is 204 Å². The largest absolute Gasteiger partial charge is 0.497 e. The summed E-state index contributed by atoms with van der Waals surface area (Å²) >= 11 is 0. The van der Waals surface area contributed by atoms with E-state index >= 15 is 0 Å². The zero-order valence-corrected chi connectivity index (χ0v) is 20.9. The number of fused-ring (bicyclic) bond motifs is 5. The molecule has 1 aromatic carbocycles. The zero-order chi connectivity index (χ0) is 23.7. The number of rotatable bonds is 9. The number of carbonyl (C=O) groups is 2. The molecule has 4 aliphatic rings. The van der Waals surface area contributed by atoms with Gasteiger partial charge in [0.05, 0.1) is 7.11 Å². The third kappa shape index (κ3) is 4.32. The van der Waals surface area contributed by atoms with Crippen LogP contribution in [0.4, 0.5) is 0 Å². The van der Waals surface area contributed by atoms with Gasteiger partial charge in [0.15, 0.2) is 0 Å². The fourth-order valence-corrected chi connectivity index (χ4v) is 7.67. The van der Waals surface area contributed by atoms with Crippen LogP contribution in [0.15, 0.2) is 30.5 Å². The number of nitrogens with one attached hydrogen (secondary N) is 1. The van der Waals surface area contributed by atoms with Crippen LogP contribution in [-0.4, -0.2) is 42.8 Å². The number of hydrogen-bond acceptors (Lipinski definition) is 4. The molecule has 2 saturated carbocycles. The molecule has 34 heavy (non-hydrogen) atoms. The first-order valence-electron chi connectivity index (χ1n) is 13.4. The van der Waals surface area contributed by atoms with Gasteiger partial charge < -0.3 is 15.0 Å². The number of nitrogens with zero attached hydrogens (tertiary/aromatic N) is 1. The van der Waals surface area contributed by atoms with Crippen molar-refractivity contribution in [1.82, 2.24) is 10.2 Å². The zero-order valence-electron chi connectivity index (χ0n) is 20.9. The maximum absolute atomic E-state index is 11.6. The van der Waals surface area contributed by atoms with Crippen molar-refractivity contribution in [2.45, 2.75) is 83.1 Å². The highest BCUT2D eigenvalue weighted by molar-refractivity contribution is 6.42. The Hall–Kier alpha value is -2.14. The highest BCUT2D eigenvalue weighted by atomic mass is 16.5. The Balaban J connectivity index is 1.08. The molecular formula is C29H40N2O3. The summed E-state index contributed by atoms with van der Waals surface area (Å²) in [6.07, 6.45) is 15.3. The summed E-state index contributed by atoms with van der Waals surface area (Å²) in [6, 6.07) is 7.44. The van der Waals surface area contributed by atoms with Gasteiger partial charge in [0.2, 0.25) is 5.78 Å². The van der Waals surface area contributed by atoms with Crippen LogP contribution >= 0.6 is 0 Å². The van der Waals surface area contributed by atoms with Crippen molar-refractivity contribution in [2.24, 2.45) is 17.3 Å². The van der Waals surface area contributed by atoms with E-state index in [1.807, 2.05) is 0 Å². The molecule has 0 aromatic heterocycles. The van der Waals surface area contributed by atoms with Gasteiger partial charge in [0, 0.05) is 24.9 Å². The van der Waals surface area contributed by atoms with Crippen LogP contribution in [0.3, 0.4) is 0 Å². The van der Waals surface area contributed by atoms with E-state index < -0.39 is 0 Å². The lowest BCUT2D eigenvalue weighted by molar-refractivity contribution is -0.139. The van der Waals surface area contributed by atoms with Gasteiger partial charge in [-0.2, -0.15) is 0 Å². The van der Waals surface area contributed by atoms with E-state index in [0.717, 1.165) is 42.9 Å². The van der Waals surface area contributed by atoms with Gasteiger partial charge >= 0.3 is 0 Å². The van der Waals surface area contributed by atoms with E-state index in [4.69, 9.17) is 4.74 Å². The molecule has 5 nitrogen and oxygen atoms in total. The number of unbranched alkanes of at least 4 members (excludes halogenated alkanes) is 3. The van der Waals surface area contributed by atoms with E-state index in [9.17, 15) is 9.59 Å². The van der Waals surface area contributed by atoms with Crippen LogP contribution in [0.1, 0.15) is 81.8 Å². The smallest absolute Gasteiger partial charge is 0.298 e. The Morgan fingerprint density at radius 2 is 1.94 bits per heavy atom. The lowest BCUT2D eigenvalue weighted by atomic mass is 9.55. The second-order valence-corrected chi connectivity index (χ2v) is 11.2. The van der Waals surface area contributed by atoms with E-state index in [0.29, 0.717) is 18.0 Å². The molecule has 0 bridgehead atoms. The Kier molecular flexibility index (Phi) is 6.83. The van der Waals surface area contributed by atoms with E-state index in [2.05, 4.69) is 30.4 Å². The molecule has 5 heteroatoms. The number of ether oxygens (including phenoxy) is 1. The van der Waals surface area contributed by atoms with Crippen LogP contribution in [0.5, 0.6) is 5.75 Å². The fourth-order valence-electron chi connectivity index (χ4n) is 7.67. The van der Waals surface area contributed by atoms with Crippen molar-refractivity contribution in [2.75, 3.05) is 20.2 Å². The summed E-state index contributed by atoms with van der Waals surface area (Å²) in [5, 5.41) is 3.96. The predicted octanol–water partition coefficient (Wildman–Crippen LogP) is 4.99. The fraction of sp³-hybridized carbons (Fsp3) is 0.655. The second kappa shape index (κ2) is 9.85. The standard InChI is InChI=1S/C29H40N2O3/c1-29-15-13-23-22-10-8-21(34-2)19-20(22)7-9-24(23)25(29)11-12-27(29)30-16-5-3-4-6-17-31-18-14-26(32)28(31)33/h8,10,14,18-19,23-25,27,30H,3-7,9,11-13,15-17H2,1-2H3/t23?,24?,25?,27-,29-/m0/s1. The van der Waals surface area contributed by atoms with Crippen LogP contribution < -0.4 is 10.1 Å². The number of carbonyl (C=O) groups excluding carboxylic acids is 2. The number of aryl methyl sites for hydroxylation is 1. The Bertz CT molecular complexity index is 957. The van der Waals surface area contributed by atoms with Crippen molar-refractivity contribution in [1.29, 1.82) is 0 Å². The number of amides is 1. The topological polar surface area (TPSA) is 58.6 Å². The quantitative estimate of drug-likeness (QED) is 0.413. The average Bonchev–Trinajstić information content (AvgIpc) is 3.36. The average molecular weight is 465 g/mol. The molecule has 1 N–H and O–H groups in total. The summed E-state index contributed by atoms with van der Waals surface area (Å²) in [5.41, 5.74) is 3.56. The molecule has 0 spiro atoms. The summed E-state index contributed by atoms with van der Waals surface area (Å²) in [4.78, 5) is 24.5. The molecule has 5 rings (SSSR count). The van der Waals surface area contributed by atoms with E-state index in [1.165, 1.54) is 63.0 Å². The number of hydrogen-bond donors (Lipinski definition) is 1. The number of ketones is 1.